The topological polar surface area (TPSA) is 89.5 Å². The van der Waals surface area contributed by atoms with Gasteiger partial charge < -0.3 is 10.1 Å². The normalized spacial score (nSPS) is 10.9. The summed E-state index contributed by atoms with van der Waals surface area (Å²) >= 11 is 0. The third kappa shape index (κ3) is 10.5. The summed E-state index contributed by atoms with van der Waals surface area (Å²) in [6, 6.07) is 6.74. The average Bonchev–Trinajstić information content (AvgIpc) is 2.63. The number of carbonyl (C=O) groups excluding carboxylic acids is 4. The van der Waals surface area contributed by atoms with Gasteiger partial charge in [0, 0.05) is 24.3 Å². The van der Waals surface area contributed by atoms with Crippen molar-refractivity contribution in [1.82, 2.24) is 0 Å². The molecule has 6 heteroatoms. The van der Waals surface area contributed by atoms with Crippen molar-refractivity contribution in [3.63, 3.8) is 0 Å². The van der Waals surface area contributed by atoms with Crippen LogP contribution in [-0.2, 0) is 30.3 Å². The molecule has 0 radical (unpaired) electrons. The summed E-state index contributed by atoms with van der Waals surface area (Å²) in [7, 11) is 0. The van der Waals surface area contributed by atoms with Gasteiger partial charge in [-0.15, -0.1) is 0 Å². The van der Waals surface area contributed by atoms with Crippen molar-refractivity contribution >= 4 is 29.1 Å². The third-order valence-corrected chi connectivity index (χ3v) is 3.47. The standard InChI is InChI=1S/C21H25NO5/c1-3-4-5-14-27-21(26)13-11-19(24)15-17-7-9-18(10-8-17)22-20(25)12-6-16(2)23/h6-13H,3-5,14-15H2,1-2H3,(H,22,25)/b12-6-,13-11-. The molecule has 1 amide bonds. The van der Waals surface area contributed by atoms with Crippen molar-refractivity contribution in [2.45, 2.75) is 39.5 Å². The van der Waals surface area contributed by atoms with Crippen molar-refractivity contribution < 1.29 is 23.9 Å². The highest BCUT2D eigenvalue weighted by Crippen LogP contribution is 2.10. The van der Waals surface area contributed by atoms with Crippen LogP contribution >= 0.6 is 0 Å². The largest absolute Gasteiger partial charge is 0.463 e. The zero-order chi connectivity index (χ0) is 20.1. The van der Waals surface area contributed by atoms with Gasteiger partial charge in [-0.3, -0.25) is 14.4 Å². The van der Waals surface area contributed by atoms with Gasteiger partial charge in [0.1, 0.15) is 0 Å². The number of amides is 1. The van der Waals surface area contributed by atoms with Gasteiger partial charge in [0.25, 0.3) is 0 Å². The van der Waals surface area contributed by atoms with Crippen LogP contribution in [0.15, 0.2) is 48.6 Å². The number of esters is 1. The Labute approximate surface area is 159 Å². The summed E-state index contributed by atoms with van der Waals surface area (Å²) in [6.07, 6.45) is 7.70. The smallest absolute Gasteiger partial charge is 0.330 e. The van der Waals surface area contributed by atoms with Crippen molar-refractivity contribution in [3.05, 3.63) is 54.1 Å². The first-order chi connectivity index (χ1) is 12.9. The van der Waals surface area contributed by atoms with E-state index in [2.05, 4.69) is 12.2 Å². The maximum atomic E-state index is 11.9. The fourth-order valence-electron chi connectivity index (χ4n) is 2.08. The van der Waals surface area contributed by atoms with E-state index in [9.17, 15) is 19.2 Å². The van der Waals surface area contributed by atoms with E-state index < -0.39 is 11.9 Å². The van der Waals surface area contributed by atoms with Gasteiger partial charge >= 0.3 is 5.97 Å². The number of hydrogen-bond acceptors (Lipinski definition) is 5. The molecule has 0 atom stereocenters. The number of benzene rings is 1. The number of nitrogens with one attached hydrogen (secondary N) is 1. The van der Waals surface area contributed by atoms with Crippen LogP contribution in [0.4, 0.5) is 5.69 Å². The maximum Gasteiger partial charge on any atom is 0.330 e. The molecular formula is C21H25NO5. The second-order valence-corrected chi connectivity index (χ2v) is 5.98. The first-order valence-electron chi connectivity index (χ1n) is 8.87. The zero-order valence-electron chi connectivity index (χ0n) is 15.7. The highest BCUT2D eigenvalue weighted by molar-refractivity contribution is 6.03. The molecule has 0 fully saturated rings. The SMILES string of the molecule is CCCCCOC(=O)/C=C\C(=O)Cc1ccc(NC(=O)/C=C\C(C)=O)cc1. The molecule has 0 aromatic heterocycles. The predicted molar refractivity (Wildman–Crippen MR) is 103 cm³/mol. The Morgan fingerprint density at radius 1 is 0.963 bits per heavy atom. The number of anilines is 1. The van der Waals surface area contributed by atoms with E-state index in [1.807, 2.05) is 0 Å². The minimum atomic E-state index is -0.517. The van der Waals surface area contributed by atoms with E-state index in [1.54, 1.807) is 24.3 Å². The number of ketones is 2. The Morgan fingerprint density at radius 2 is 1.67 bits per heavy atom. The monoisotopic (exact) mass is 371 g/mol. The summed E-state index contributed by atoms with van der Waals surface area (Å²) in [4.78, 5) is 45.7. The fraction of sp³-hybridized carbons (Fsp3) is 0.333. The fourth-order valence-corrected chi connectivity index (χ4v) is 2.08. The van der Waals surface area contributed by atoms with Crippen molar-refractivity contribution in [2.24, 2.45) is 0 Å². The molecule has 1 aromatic rings. The Balaban J connectivity index is 2.44. The second-order valence-electron chi connectivity index (χ2n) is 5.98. The van der Waals surface area contributed by atoms with Gasteiger partial charge in [-0.25, -0.2) is 4.79 Å². The molecular weight excluding hydrogens is 346 g/mol. The Bertz CT molecular complexity index is 717. The zero-order valence-corrected chi connectivity index (χ0v) is 15.7. The lowest BCUT2D eigenvalue weighted by Gasteiger charge is -2.04. The van der Waals surface area contributed by atoms with Gasteiger partial charge in [-0.1, -0.05) is 31.9 Å². The first kappa shape index (κ1) is 22.0. The van der Waals surface area contributed by atoms with Crippen LogP contribution in [0, 0.1) is 0 Å². The Morgan fingerprint density at radius 3 is 2.30 bits per heavy atom. The minimum absolute atomic E-state index is 0.137. The number of rotatable bonds is 11. The molecule has 0 aliphatic carbocycles. The van der Waals surface area contributed by atoms with Crippen molar-refractivity contribution in [2.75, 3.05) is 11.9 Å². The van der Waals surface area contributed by atoms with E-state index >= 15 is 0 Å². The molecule has 1 N–H and O–H groups in total. The van der Waals surface area contributed by atoms with Crippen LogP contribution in [0.3, 0.4) is 0 Å². The van der Waals surface area contributed by atoms with E-state index in [4.69, 9.17) is 4.74 Å². The molecule has 1 rings (SSSR count). The third-order valence-electron chi connectivity index (χ3n) is 3.47. The minimum Gasteiger partial charge on any atom is -0.463 e. The van der Waals surface area contributed by atoms with Crippen LogP contribution in [0.5, 0.6) is 0 Å². The molecule has 0 bridgehead atoms. The number of carbonyl (C=O) groups is 4. The summed E-state index contributed by atoms with van der Waals surface area (Å²) in [5.41, 5.74) is 1.30. The molecule has 0 saturated carbocycles. The number of hydrogen-bond donors (Lipinski definition) is 1. The van der Waals surface area contributed by atoms with Crippen LogP contribution in [-0.4, -0.2) is 30.0 Å². The summed E-state index contributed by atoms with van der Waals surface area (Å²) in [5.74, 6) is -1.36. The lowest BCUT2D eigenvalue weighted by molar-refractivity contribution is -0.138. The molecule has 0 saturated heterocycles. The molecule has 144 valence electrons. The molecule has 0 aliphatic heterocycles. The first-order valence-corrected chi connectivity index (χ1v) is 8.87. The van der Waals surface area contributed by atoms with Crippen molar-refractivity contribution in [3.8, 4) is 0 Å². The van der Waals surface area contributed by atoms with Crippen LogP contribution in [0.25, 0.3) is 0 Å². The molecule has 0 aliphatic rings. The highest BCUT2D eigenvalue weighted by Gasteiger charge is 2.04. The highest BCUT2D eigenvalue weighted by atomic mass is 16.5. The molecule has 6 nitrogen and oxygen atoms in total. The van der Waals surface area contributed by atoms with Crippen LogP contribution in [0.2, 0.25) is 0 Å². The van der Waals surface area contributed by atoms with Gasteiger partial charge in [-0.2, -0.15) is 0 Å². The van der Waals surface area contributed by atoms with E-state index in [0.717, 1.165) is 37.0 Å². The Kier molecular flexibility index (Phi) is 10.1. The maximum absolute atomic E-state index is 11.9. The molecule has 0 unspecified atom stereocenters. The van der Waals surface area contributed by atoms with E-state index in [-0.39, 0.29) is 18.0 Å². The van der Waals surface area contributed by atoms with Crippen molar-refractivity contribution in [1.29, 1.82) is 0 Å². The summed E-state index contributed by atoms with van der Waals surface area (Å²) in [5, 5.41) is 2.61. The van der Waals surface area contributed by atoms with Gasteiger partial charge in [0.2, 0.25) is 5.91 Å². The molecule has 27 heavy (non-hydrogen) atoms. The van der Waals surface area contributed by atoms with E-state index in [1.165, 1.54) is 19.1 Å². The Hall–Kier alpha value is -3.02. The predicted octanol–water partition coefficient (Wildman–Crippen LogP) is 3.17. The molecule has 1 aromatic carbocycles. The number of allylic oxidation sites excluding steroid dienone is 2. The quantitative estimate of drug-likeness (QED) is 0.367. The average molecular weight is 371 g/mol. The number of ether oxygens (including phenoxy) is 1. The summed E-state index contributed by atoms with van der Waals surface area (Å²) < 4.78 is 4.99. The van der Waals surface area contributed by atoms with Gasteiger partial charge in [-0.05, 0) is 43.2 Å². The van der Waals surface area contributed by atoms with Crippen LogP contribution < -0.4 is 5.32 Å². The van der Waals surface area contributed by atoms with Gasteiger partial charge in [0.15, 0.2) is 11.6 Å². The van der Waals surface area contributed by atoms with Crippen LogP contribution in [0.1, 0.15) is 38.7 Å². The van der Waals surface area contributed by atoms with Gasteiger partial charge in [0.05, 0.1) is 6.61 Å². The molecule has 0 spiro atoms. The van der Waals surface area contributed by atoms with E-state index in [0.29, 0.717) is 12.3 Å². The second kappa shape index (κ2) is 12.4. The number of unbranched alkanes of at least 4 members (excludes halogenated alkanes) is 2. The summed E-state index contributed by atoms with van der Waals surface area (Å²) in [6.45, 7) is 3.78. The lowest BCUT2D eigenvalue weighted by Crippen LogP contribution is -2.08. The molecule has 0 heterocycles. The lowest BCUT2D eigenvalue weighted by atomic mass is 10.1.